The molecule has 0 saturated carbocycles. The van der Waals surface area contributed by atoms with E-state index >= 15 is 0 Å². The van der Waals surface area contributed by atoms with Gasteiger partial charge in [0.1, 0.15) is 6.33 Å². The van der Waals surface area contributed by atoms with Crippen LogP contribution in [-0.2, 0) is 0 Å². The van der Waals surface area contributed by atoms with Crippen molar-refractivity contribution in [3.63, 3.8) is 0 Å². The molecule has 1 aromatic heterocycles. The lowest BCUT2D eigenvalue weighted by molar-refractivity contribution is 1.04. The molecule has 4 heteroatoms. The molecule has 88 valence electrons. The van der Waals surface area contributed by atoms with E-state index in [0.29, 0.717) is 0 Å². The van der Waals surface area contributed by atoms with Crippen molar-refractivity contribution < 1.29 is 0 Å². The van der Waals surface area contributed by atoms with Gasteiger partial charge in [-0.2, -0.15) is 0 Å². The number of nitrogens with zero attached hydrogens (tertiary/aromatic N) is 2. The Labute approximate surface area is 106 Å². The molecule has 0 aliphatic heterocycles. The molecule has 0 fully saturated rings. The predicted molar refractivity (Wildman–Crippen MR) is 72.4 cm³/mol. The van der Waals surface area contributed by atoms with Gasteiger partial charge in [-0.15, -0.1) is 11.8 Å². The third kappa shape index (κ3) is 4.07. The summed E-state index contributed by atoms with van der Waals surface area (Å²) in [5, 5.41) is 4.40. The Morgan fingerprint density at radius 1 is 1.18 bits per heavy atom. The summed E-state index contributed by atoms with van der Waals surface area (Å²) in [6.07, 6.45) is 3.35. The summed E-state index contributed by atoms with van der Waals surface area (Å²) in [4.78, 5) is 8.05. The summed E-state index contributed by atoms with van der Waals surface area (Å²) in [5.74, 6) is 0.991. The molecule has 1 aromatic carbocycles. The van der Waals surface area contributed by atoms with Crippen LogP contribution in [0.2, 0.25) is 0 Å². The average molecular weight is 245 g/mol. The lowest BCUT2D eigenvalue weighted by atomic mass is 10.2. The molecule has 0 unspecified atom stereocenters. The van der Waals surface area contributed by atoms with E-state index in [9.17, 15) is 0 Å². The highest BCUT2D eigenvalue weighted by Crippen LogP contribution is 2.13. The molecule has 0 saturated heterocycles. The van der Waals surface area contributed by atoms with E-state index in [2.05, 4.69) is 46.5 Å². The SMILES string of the molecule is Cc1ccc(NCCSc2ccncn2)cc1. The molecule has 0 bridgehead atoms. The van der Waals surface area contributed by atoms with E-state index in [4.69, 9.17) is 0 Å². The molecule has 1 N–H and O–H groups in total. The van der Waals surface area contributed by atoms with E-state index in [1.807, 2.05) is 6.07 Å². The van der Waals surface area contributed by atoms with Crippen molar-refractivity contribution in [2.75, 3.05) is 17.6 Å². The maximum atomic E-state index is 4.16. The van der Waals surface area contributed by atoms with Gasteiger partial charge in [-0.05, 0) is 25.1 Å². The maximum absolute atomic E-state index is 4.16. The number of aromatic nitrogens is 2. The van der Waals surface area contributed by atoms with Crippen molar-refractivity contribution in [2.45, 2.75) is 11.9 Å². The Hall–Kier alpha value is -1.55. The molecule has 0 radical (unpaired) electrons. The van der Waals surface area contributed by atoms with Gasteiger partial charge in [-0.1, -0.05) is 17.7 Å². The second-order valence-electron chi connectivity index (χ2n) is 3.69. The topological polar surface area (TPSA) is 37.8 Å². The third-order valence-corrected chi connectivity index (χ3v) is 3.23. The first-order chi connectivity index (χ1) is 8.34. The number of nitrogens with one attached hydrogen (secondary N) is 1. The first kappa shape index (κ1) is 11.9. The summed E-state index contributed by atoms with van der Waals surface area (Å²) in [7, 11) is 0. The smallest absolute Gasteiger partial charge is 0.116 e. The fourth-order valence-corrected chi connectivity index (χ4v) is 2.08. The van der Waals surface area contributed by atoms with Crippen LogP contribution in [0.15, 0.2) is 47.9 Å². The minimum atomic E-state index is 0.928. The molecule has 0 amide bonds. The van der Waals surface area contributed by atoms with Gasteiger partial charge in [0.25, 0.3) is 0 Å². The van der Waals surface area contributed by atoms with Gasteiger partial charge in [-0.3, -0.25) is 0 Å². The molecule has 0 spiro atoms. The number of rotatable bonds is 5. The minimum Gasteiger partial charge on any atom is -0.384 e. The number of hydrogen-bond acceptors (Lipinski definition) is 4. The van der Waals surface area contributed by atoms with E-state index in [1.54, 1.807) is 24.3 Å². The first-order valence-electron chi connectivity index (χ1n) is 5.54. The molecule has 0 atom stereocenters. The molecule has 2 aromatic rings. The lowest BCUT2D eigenvalue weighted by Gasteiger charge is -2.05. The van der Waals surface area contributed by atoms with Crippen LogP contribution in [0.25, 0.3) is 0 Å². The van der Waals surface area contributed by atoms with Crippen LogP contribution < -0.4 is 5.32 Å². The average Bonchev–Trinajstić information content (AvgIpc) is 2.38. The van der Waals surface area contributed by atoms with E-state index in [-0.39, 0.29) is 0 Å². The van der Waals surface area contributed by atoms with Gasteiger partial charge in [0, 0.05) is 24.2 Å². The van der Waals surface area contributed by atoms with Crippen molar-refractivity contribution in [3.8, 4) is 0 Å². The molecular weight excluding hydrogens is 230 g/mol. The van der Waals surface area contributed by atoms with Crippen LogP contribution in [0, 0.1) is 6.92 Å². The third-order valence-electron chi connectivity index (χ3n) is 2.29. The zero-order valence-corrected chi connectivity index (χ0v) is 10.6. The zero-order valence-electron chi connectivity index (χ0n) is 9.76. The number of aryl methyl sites for hydroxylation is 1. The fraction of sp³-hybridized carbons (Fsp3) is 0.231. The number of hydrogen-bond donors (Lipinski definition) is 1. The van der Waals surface area contributed by atoms with Crippen LogP contribution in [-0.4, -0.2) is 22.3 Å². The second-order valence-corrected chi connectivity index (χ2v) is 4.80. The Morgan fingerprint density at radius 2 is 2.00 bits per heavy atom. The Balaban J connectivity index is 1.71. The summed E-state index contributed by atoms with van der Waals surface area (Å²) < 4.78 is 0. The molecule has 0 aliphatic rings. The Bertz CT molecular complexity index is 442. The van der Waals surface area contributed by atoms with E-state index < -0.39 is 0 Å². The van der Waals surface area contributed by atoms with Crippen molar-refractivity contribution in [2.24, 2.45) is 0 Å². The molecule has 1 heterocycles. The molecule has 17 heavy (non-hydrogen) atoms. The minimum absolute atomic E-state index is 0.928. The fourth-order valence-electron chi connectivity index (χ4n) is 1.39. The summed E-state index contributed by atoms with van der Waals surface area (Å²) in [6, 6.07) is 10.4. The monoisotopic (exact) mass is 245 g/mol. The van der Waals surface area contributed by atoms with Gasteiger partial charge in [0.2, 0.25) is 0 Å². The quantitative estimate of drug-likeness (QED) is 0.499. The van der Waals surface area contributed by atoms with Crippen molar-refractivity contribution >= 4 is 17.4 Å². The van der Waals surface area contributed by atoms with Crippen LogP contribution in [0.5, 0.6) is 0 Å². The Morgan fingerprint density at radius 3 is 2.71 bits per heavy atom. The number of anilines is 1. The second kappa shape index (κ2) is 6.25. The molecular formula is C13H15N3S. The molecule has 2 rings (SSSR count). The van der Waals surface area contributed by atoms with E-state index in [1.165, 1.54) is 11.3 Å². The van der Waals surface area contributed by atoms with Crippen LogP contribution in [0.4, 0.5) is 5.69 Å². The highest BCUT2D eigenvalue weighted by molar-refractivity contribution is 7.99. The van der Waals surface area contributed by atoms with Gasteiger partial charge in [-0.25, -0.2) is 9.97 Å². The van der Waals surface area contributed by atoms with Gasteiger partial charge >= 0.3 is 0 Å². The van der Waals surface area contributed by atoms with Crippen LogP contribution in [0.1, 0.15) is 5.56 Å². The standard InChI is InChI=1S/C13H15N3S/c1-11-2-4-12(5-3-11)15-8-9-17-13-6-7-14-10-16-13/h2-7,10,15H,8-9H2,1H3. The predicted octanol–water partition coefficient (Wildman–Crippen LogP) is 2.99. The zero-order chi connectivity index (χ0) is 11.9. The summed E-state index contributed by atoms with van der Waals surface area (Å²) in [6.45, 7) is 3.02. The van der Waals surface area contributed by atoms with Gasteiger partial charge in [0.15, 0.2) is 0 Å². The number of thioether (sulfide) groups is 1. The molecule has 3 nitrogen and oxygen atoms in total. The van der Waals surface area contributed by atoms with E-state index in [0.717, 1.165) is 17.3 Å². The van der Waals surface area contributed by atoms with Crippen LogP contribution in [0.3, 0.4) is 0 Å². The largest absolute Gasteiger partial charge is 0.384 e. The molecule has 0 aliphatic carbocycles. The highest BCUT2D eigenvalue weighted by Gasteiger charge is 1.95. The van der Waals surface area contributed by atoms with Crippen molar-refractivity contribution in [1.82, 2.24) is 9.97 Å². The maximum Gasteiger partial charge on any atom is 0.116 e. The lowest BCUT2D eigenvalue weighted by Crippen LogP contribution is -2.03. The van der Waals surface area contributed by atoms with Gasteiger partial charge < -0.3 is 5.32 Å². The van der Waals surface area contributed by atoms with Crippen molar-refractivity contribution in [3.05, 3.63) is 48.4 Å². The summed E-state index contributed by atoms with van der Waals surface area (Å²) in [5.41, 5.74) is 2.45. The van der Waals surface area contributed by atoms with Crippen molar-refractivity contribution in [1.29, 1.82) is 0 Å². The van der Waals surface area contributed by atoms with Gasteiger partial charge in [0.05, 0.1) is 5.03 Å². The Kier molecular flexibility index (Phi) is 4.38. The normalized spacial score (nSPS) is 10.2. The summed E-state index contributed by atoms with van der Waals surface area (Å²) >= 11 is 1.73. The highest BCUT2D eigenvalue weighted by atomic mass is 32.2. The first-order valence-corrected chi connectivity index (χ1v) is 6.52. The number of benzene rings is 1. The van der Waals surface area contributed by atoms with Crippen LogP contribution >= 0.6 is 11.8 Å².